The van der Waals surface area contributed by atoms with Gasteiger partial charge in [-0.2, -0.15) is 4.98 Å². The lowest BCUT2D eigenvalue weighted by molar-refractivity contribution is 0.131. The predicted molar refractivity (Wildman–Crippen MR) is 159 cm³/mol. The molecule has 0 bridgehead atoms. The van der Waals surface area contributed by atoms with E-state index in [-0.39, 0.29) is 16.9 Å². The Kier molecular flexibility index (Phi) is 7.90. The molecule has 2 aliphatic heterocycles. The summed E-state index contributed by atoms with van der Waals surface area (Å²) in [5.74, 6) is 0.873. The van der Waals surface area contributed by atoms with Crippen LogP contribution in [0.4, 0.5) is 17.6 Å². The fraction of sp³-hybridized carbons (Fsp3) is 0.379. The molecule has 4 N–H and O–H groups in total. The summed E-state index contributed by atoms with van der Waals surface area (Å²) >= 11 is 0. The summed E-state index contributed by atoms with van der Waals surface area (Å²) < 4.78 is 27.2. The van der Waals surface area contributed by atoms with Crippen molar-refractivity contribution >= 4 is 27.4 Å². The minimum absolute atomic E-state index is 0.0973. The van der Waals surface area contributed by atoms with Gasteiger partial charge in [0.15, 0.2) is 9.84 Å². The fourth-order valence-corrected chi connectivity index (χ4v) is 6.58. The minimum Gasteiger partial charge on any atom is -0.392 e. The molecular weight excluding hydrogens is 556 g/mol. The number of rotatable bonds is 7. The van der Waals surface area contributed by atoms with E-state index in [1.54, 1.807) is 29.3 Å². The summed E-state index contributed by atoms with van der Waals surface area (Å²) in [6, 6.07) is 14.7. The van der Waals surface area contributed by atoms with Crippen molar-refractivity contribution in [3.8, 4) is 16.9 Å². The molecule has 0 spiro atoms. The summed E-state index contributed by atoms with van der Waals surface area (Å²) in [6.07, 6.45) is 5.85. The highest BCUT2D eigenvalue weighted by Gasteiger charge is 2.27. The van der Waals surface area contributed by atoms with Crippen molar-refractivity contribution in [2.45, 2.75) is 42.3 Å². The molecule has 0 saturated carbocycles. The molecule has 12 nitrogen and oxygen atoms in total. The van der Waals surface area contributed by atoms with Gasteiger partial charge in [-0.15, -0.1) is 5.10 Å². The number of aliphatic hydroxyl groups is 2. The molecule has 4 heterocycles. The topological polar surface area (TPSA) is 158 Å². The number of piperidine rings is 2. The summed E-state index contributed by atoms with van der Waals surface area (Å²) in [4.78, 5) is 15.6. The van der Waals surface area contributed by atoms with Crippen LogP contribution in [0.1, 0.15) is 30.7 Å². The van der Waals surface area contributed by atoms with Crippen LogP contribution >= 0.6 is 0 Å². The molecule has 2 aromatic heterocycles. The van der Waals surface area contributed by atoms with Crippen LogP contribution in [0, 0.1) is 0 Å². The Hall–Kier alpha value is -3.91. The lowest BCUT2D eigenvalue weighted by Gasteiger charge is -2.28. The van der Waals surface area contributed by atoms with E-state index in [0.29, 0.717) is 54.8 Å². The summed E-state index contributed by atoms with van der Waals surface area (Å²) in [5.41, 5.74) is 3.55. The second-order valence-electron chi connectivity index (χ2n) is 10.9. The third-order valence-electron chi connectivity index (χ3n) is 7.68. The molecule has 3 unspecified atom stereocenters. The molecule has 0 amide bonds. The molecule has 220 valence electrons. The molecule has 2 saturated heterocycles. The zero-order valence-electron chi connectivity index (χ0n) is 23.3. The van der Waals surface area contributed by atoms with Crippen molar-refractivity contribution in [3.05, 3.63) is 66.6 Å². The quantitative estimate of drug-likeness (QED) is 0.250. The third-order valence-corrected chi connectivity index (χ3v) is 8.83. The first-order valence-electron chi connectivity index (χ1n) is 14.0. The molecule has 42 heavy (non-hydrogen) atoms. The van der Waals surface area contributed by atoms with Crippen molar-refractivity contribution in [3.63, 3.8) is 0 Å². The van der Waals surface area contributed by atoms with Gasteiger partial charge in [-0.05, 0) is 61.2 Å². The zero-order chi connectivity index (χ0) is 29.3. The molecule has 3 atom stereocenters. The molecule has 6 rings (SSSR count). The molecule has 2 aliphatic rings. The van der Waals surface area contributed by atoms with Crippen molar-refractivity contribution < 1.29 is 18.6 Å². The third kappa shape index (κ3) is 6.28. The second kappa shape index (κ2) is 11.8. The van der Waals surface area contributed by atoms with Crippen molar-refractivity contribution in [1.82, 2.24) is 30.0 Å². The average molecular weight is 591 g/mol. The van der Waals surface area contributed by atoms with E-state index in [2.05, 4.69) is 30.7 Å². The number of benzene rings is 2. The lowest BCUT2D eigenvalue weighted by atomic mass is 9.89. The maximum atomic E-state index is 12.7. The number of aromatic nitrogens is 5. The SMILES string of the molecule is CS(=O)(=O)c1cc(-c2ccnc(Nc3ccc(-n4cnc(N5CCCC(O)C5)n4)cc3)n2)ccc1C1CNCC(O)C1. The number of sulfone groups is 1. The number of hydrogen-bond acceptors (Lipinski definition) is 11. The van der Waals surface area contributed by atoms with Crippen molar-refractivity contribution in [2.24, 2.45) is 0 Å². The van der Waals surface area contributed by atoms with Crippen LogP contribution in [-0.2, 0) is 9.84 Å². The number of β-amino-alcohol motifs (C(OH)–C–C–N with tert-alkyl or cyclic N) is 2. The summed E-state index contributed by atoms with van der Waals surface area (Å²) in [7, 11) is -3.52. The van der Waals surface area contributed by atoms with Gasteiger partial charge in [0.2, 0.25) is 11.9 Å². The number of nitrogens with zero attached hydrogens (tertiary/aromatic N) is 6. The first-order valence-corrected chi connectivity index (χ1v) is 15.9. The largest absolute Gasteiger partial charge is 0.392 e. The van der Waals surface area contributed by atoms with Gasteiger partial charge < -0.3 is 25.7 Å². The molecule has 4 aromatic rings. The highest BCUT2D eigenvalue weighted by molar-refractivity contribution is 7.90. The highest BCUT2D eigenvalue weighted by atomic mass is 32.2. The van der Waals surface area contributed by atoms with Crippen LogP contribution < -0.4 is 15.5 Å². The lowest BCUT2D eigenvalue weighted by Crippen LogP contribution is -2.38. The monoisotopic (exact) mass is 590 g/mol. The van der Waals surface area contributed by atoms with Crippen LogP contribution in [-0.4, -0.2) is 88.0 Å². The predicted octanol–water partition coefficient (Wildman–Crippen LogP) is 2.27. The van der Waals surface area contributed by atoms with Gasteiger partial charge in [0, 0.05) is 55.8 Å². The normalized spacial score (nSPS) is 21.3. The van der Waals surface area contributed by atoms with Crippen molar-refractivity contribution in [2.75, 3.05) is 42.7 Å². The highest BCUT2D eigenvalue weighted by Crippen LogP contribution is 2.33. The fourth-order valence-electron chi connectivity index (χ4n) is 5.57. The second-order valence-corrected chi connectivity index (χ2v) is 12.9. The van der Waals surface area contributed by atoms with Gasteiger partial charge in [0.05, 0.1) is 28.5 Å². The van der Waals surface area contributed by atoms with E-state index in [0.717, 1.165) is 30.8 Å². The standard InChI is InChI=1S/C29H34N8O4S/c1-42(40,41)27-14-19(4-9-25(27)20-13-24(39)16-30-15-20)26-10-11-31-28(34-26)33-21-5-7-22(8-6-21)37-18-32-29(35-37)36-12-2-3-23(38)17-36/h4-11,14,18,20,23-24,30,38-39H,2-3,12-13,15-17H2,1H3,(H,31,33,34). The van der Waals surface area contributed by atoms with Crippen LogP contribution in [0.25, 0.3) is 16.9 Å². The van der Waals surface area contributed by atoms with E-state index in [1.807, 2.05) is 41.3 Å². The number of aliphatic hydroxyl groups excluding tert-OH is 2. The first-order chi connectivity index (χ1) is 20.2. The Balaban J connectivity index is 1.18. The molecule has 2 fully saturated rings. The minimum atomic E-state index is -3.52. The Labute approximate surface area is 244 Å². The van der Waals surface area contributed by atoms with Gasteiger partial charge in [-0.3, -0.25) is 0 Å². The smallest absolute Gasteiger partial charge is 0.245 e. The van der Waals surface area contributed by atoms with Gasteiger partial charge in [-0.1, -0.05) is 12.1 Å². The zero-order valence-corrected chi connectivity index (χ0v) is 24.1. The Morgan fingerprint density at radius 2 is 1.86 bits per heavy atom. The van der Waals surface area contributed by atoms with Gasteiger partial charge >= 0.3 is 0 Å². The average Bonchev–Trinajstić information content (AvgIpc) is 3.48. The van der Waals surface area contributed by atoms with E-state index in [9.17, 15) is 18.6 Å². The number of hydrogen-bond donors (Lipinski definition) is 4. The number of anilines is 3. The Bertz CT molecular complexity index is 1660. The van der Waals surface area contributed by atoms with Gasteiger partial charge in [0.1, 0.15) is 6.33 Å². The maximum absolute atomic E-state index is 12.7. The molecule has 13 heteroatoms. The van der Waals surface area contributed by atoms with Crippen LogP contribution in [0.5, 0.6) is 0 Å². The van der Waals surface area contributed by atoms with E-state index in [1.165, 1.54) is 6.26 Å². The molecule has 0 radical (unpaired) electrons. The molecule has 0 aliphatic carbocycles. The van der Waals surface area contributed by atoms with Gasteiger partial charge in [0.25, 0.3) is 0 Å². The molecular formula is C29H34N8O4S. The summed E-state index contributed by atoms with van der Waals surface area (Å²) in [6.45, 7) is 2.48. The van der Waals surface area contributed by atoms with E-state index >= 15 is 0 Å². The van der Waals surface area contributed by atoms with E-state index in [4.69, 9.17) is 0 Å². The van der Waals surface area contributed by atoms with Crippen LogP contribution in [0.3, 0.4) is 0 Å². The Morgan fingerprint density at radius 3 is 2.62 bits per heavy atom. The van der Waals surface area contributed by atoms with Crippen molar-refractivity contribution in [1.29, 1.82) is 0 Å². The molecule has 2 aromatic carbocycles. The first kappa shape index (κ1) is 28.2. The maximum Gasteiger partial charge on any atom is 0.245 e. The summed E-state index contributed by atoms with van der Waals surface area (Å²) in [5, 5.41) is 31.0. The number of nitrogens with one attached hydrogen (secondary N) is 2. The Morgan fingerprint density at radius 1 is 1.02 bits per heavy atom. The van der Waals surface area contributed by atoms with Gasteiger partial charge in [-0.25, -0.2) is 23.1 Å². The van der Waals surface area contributed by atoms with Crippen LogP contribution in [0.2, 0.25) is 0 Å². The van der Waals surface area contributed by atoms with Crippen LogP contribution in [0.15, 0.2) is 66.0 Å². The van der Waals surface area contributed by atoms with E-state index < -0.39 is 15.9 Å².